The summed E-state index contributed by atoms with van der Waals surface area (Å²) in [5.41, 5.74) is 0.117. The number of amides is 1. The number of carboxylic acid groups (broad SMARTS) is 2. The molecule has 0 aromatic carbocycles. The molecular formula is C9H11N3O5. The molecule has 8 nitrogen and oxygen atoms in total. The largest absolute Gasteiger partial charge is 0.481 e. The number of carboxylic acids is 2. The van der Waals surface area contributed by atoms with Gasteiger partial charge in [-0.3, -0.25) is 14.7 Å². The first-order valence-corrected chi connectivity index (χ1v) is 4.75. The van der Waals surface area contributed by atoms with Crippen molar-refractivity contribution in [3.8, 4) is 0 Å². The Morgan fingerprint density at radius 1 is 1.41 bits per heavy atom. The maximum absolute atomic E-state index is 11.5. The molecule has 1 rings (SSSR count). The highest BCUT2D eigenvalue weighted by atomic mass is 16.4. The summed E-state index contributed by atoms with van der Waals surface area (Å²) in [5, 5.41) is 25.4. The lowest BCUT2D eigenvalue weighted by Crippen LogP contribution is -2.41. The molecule has 0 spiro atoms. The maximum Gasteiger partial charge on any atom is 0.326 e. The van der Waals surface area contributed by atoms with Crippen LogP contribution in [-0.2, 0) is 9.59 Å². The number of nitrogens with one attached hydrogen (secondary N) is 2. The fourth-order valence-electron chi connectivity index (χ4n) is 1.14. The SMILES string of the molecule is O=C(O)CCC(NC(=O)c1ccn[nH]1)C(=O)O. The second kappa shape index (κ2) is 5.64. The Bertz CT molecular complexity index is 414. The van der Waals surface area contributed by atoms with Crippen LogP contribution in [0.1, 0.15) is 23.3 Å². The van der Waals surface area contributed by atoms with Gasteiger partial charge in [-0.05, 0) is 12.5 Å². The van der Waals surface area contributed by atoms with E-state index in [4.69, 9.17) is 10.2 Å². The van der Waals surface area contributed by atoms with E-state index < -0.39 is 23.9 Å². The molecule has 0 saturated carbocycles. The molecule has 0 bridgehead atoms. The Morgan fingerprint density at radius 3 is 2.59 bits per heavy atom. The zero-order valence-electron chi connectivity index (χ0n) is 8.71. The minimum absolute atomic E-state index is 0.117. The summed E-state index contributed by atoms with van der Waals surface area (Å²) in [6.07, 6.45) is 0.840. The molecule has 1 aromatic rings. The smallest absolute Gasteiger partial charge is 0.326 e. The minimum Gasteiger partial charge on any atom is -0.481 e. The first-order valence-electron chi connectivity index (χ1n) is 4.75. The minimum atomic E-state index is -1.28. The molecule has 1 atom stereocenters. The molecule has 8 heteroatoms. The summed E-state index contributed by atoms with van der Waals surface area (Å²) in [6, 6.07) is 0.146. The van der Waals surface area contributed by atoms with Crippen LogP contribution in [0.4, 0.5) is 0 Å². The first-order chi connectivity index (χ1) is 8.00. The third-order valence-electron chi connectivity index (χ3n) is 2.00. The summed E-state index contributed by atoms with van der Waals surface area (Å²) in [4.78, 5) is 32.6. The Balaban J connectivity index is 2.58. The van der Waals surface area contributed by atoms with Gasteiger partial charge in [0.1, 0.15) is 11.7 Å². The number of hydrogen-bond donors (Lipinski definition) is 4. The number of hydrogen-bond acceptors (Lipinski definition) is 4. The third kappa shape index (κ3) is 3.93. The van der Waals surface area contributed by atoms with Crippen molar-refractivity contribution in [2.75, 3.05) is 0 Å². The number of rotatable bonds is 6. The predicted molar refractivity (Wildman–Crippen MR) is 54.3 cm³/mol. The van der Waals surface area contributed by atoms with Gasteiger partial charge < -0.3 is 15.5 Å². The molecule has 1 heterocycles. The monoisotopic (exact) mass is 241 g/mol. The van der Waals surface area contributed by atoms with Gasteiger partial charge in [-0.15, -0.1) is 0 Å². The van der Waals surface area contributed by atoms with E-state index in [9.17, 15) is 14.4 Å². The molecule has 0 aliphatic carbocycles. The topological polar surface area (TPSA) is 132 Å². The van der Waals surface area contributed by atoms with Gasteiger partial charge in [0.2, 0.25) is 0 Å². The van der Waals surface area contributed by atoms with E-state index in [2.05, 4.69) is 15.5 Å². The molecule has 0 saturated heterocycles. The molecule has 1 aromatic heterocycles. The number of aromatic amines is 1. The summed E-state index contributed by atoms with van der Waals surface area (Å²) in [7, 11) is 0. The van der Waals surface area contributed by atoms with Crippen molar-refractivity contribution in [1.29, 1.82) is 0 Å². The van der Waals surface area contributed by atoms with Gasteiger partial charge in [-0.2, -0.15) is 5.10 Å². The van der Waals surface area contributed by atoms with E-state index in [-0.39, 0.29) is 18.5 Å². The van der Waals surface area contributed by atoms with Gasteiger partial charge >= 0.3 is 11.9 Å². The molecule has 0 aliphatic heterocycles. The fourth-order valence-corrected chi connectivity index (χ4v) is 1.14. The van der Waals surface area contributed by atoms with Gasteiger partial charge in [-0.1, -0.05) is 0 Å². The van der Waals surface area contributed by atoms with Gasteiger partial charge in [0.25, 0.3) is 5.91 Å². The Hall–Kier alpha value is -2.38. The third-order valence-corrected chi connectivity index (χ3v) is 2.00. The van der Waals surface area contributed by atoms with Crippen molar-refractivity contribution in [1.82, 2.24) is 15.5 Å². The van der Waals surface area contributed by atoms with Crippen LogP contribution < -0.4 is 5.32 Å². The molecule has 4 N–H and O–H groups in total. The molecule has 0 radical (unpaired) electrons. The Labute approximate surface area is 95.6 Å². The van der Waals surface area contributed by atoms with Crippen molar-refractivity contribution < 1.29 is 24.6 Å². The van der Waals surface area contributed by atoms with E-state index in [0.29, 0.717) is 0 Å². The number of nitrogens with zero attached hydrogens (tertiary/aromatic N) is 1. The number of aliphatic carboxylic acids is 2. The van der Waals surface area contributed by atoms with Crippen molar-refractivity contribution in [3.05, 3.63) is 18.0 Å². The summed E-state index contributed by atoms with van der Waals surface area (Å²) < 4.78 is 0. The highest BCUT2D eigenvalue weighted by molar-refractivity contribution is 5.94. The van der Waals surface area contributed by atoms with E-state index in [0.717, 1.165) is 0 Å². The molecule has 1 unspecified atom stereocenters. The average Bonchev–Trinajstić information content (AvgIpc) is 2.76. The zero-order valence-corrected chi connectivity index (χ0v) is 8.71. The van der Waals surface area contributed by atoms with Crippen LogP contribution in [0.3, 0.4) is 0 Å². The van der Waals surface area contributed by atoms with Crippen molar-refractivity contribution in [3.63, 3.8) is 0 Å². The lowest BCUT2D eigenvalue weighted by molar-refractivity contribution is -0.140. The summed E-state index contributed by atoms with van der Waals surface area (Å²) in [5.74, 6) is -3.04. The molecule has 17 heavy (non-hydrogen) atoms. The zero-order chi connectivity index (χ0) is 12.8. The number of H-pyrrole nitrogens is 1. The molecule has 1 amide bonds. The lowest BCUT2D eigenvalue weighted by atomic mass is 10.1. The molecule has 92 valence electrons. The summed E-state index contributed by atoms with van der Waals surface area (Å²) in [6.45, 7) is 0. The quantitative estimate of drug-likeness (QED) is 0.528. The first kappa shape index (κ1) is 12.7. The van der Waals surface area contributed by atoms with Crippen molar-refractivity contribution >= 4 is 17.8 Å². The summed E-state index contributed by atoms with van der Waals surface area (Å²) >= 11 is 0. The van der Waals surface area contributed by atoms with Crippen LogP contribution in [-0.4, -0.2) is 44.3 Å². The van der Waals surface area contributed by atoms with Crippen LogP contribution >= 0.6 is 0 Å². The van der Waals surface area contributed by atoms with Gasteiger partial charge in [0.15, 0.2) is 0 Å². The van der Waals surface area contributed by atoms with Crippen LogP contribution in [0.5, 0.6) is 0 Å². The van der Waals surface area contributed by atoms with E-state index in [1.165, 1.54) is 12.3 Å². The molecular weight excluding hydrogens is 230 g/mol. The lowest BCUT2D eigenvalue weighted by Gasteiger charge is -2.12. The number of carbonyl (C=O) groups excluding carboxylic acids is 1. The van der Waals surface area contributed by atoms with Gasteiger partial charge in [0, 0.05) is 12.6 Å². The predicted octanol–water partition coefficient (Wildman–Crippen LogP) is -0.542. The van der Waals surface area contributed by atoms with E-state index in [1.807, 2.05) is 0 Å². The van der Waals surface area contributed by atoms with Crippen LogP contribution in [0, 0.1) is 0 Å². The average molecular weight is 241 g/mol. The maximum atomic E-state index is 11.5. The van der Waals surface area contributed by atoms with Crippen LogP contribution in [0.25, 0.3) is 0 Å². The Kier molecular flexibility index (Phi) is 4.21. The second-order valence-corrected chi connectivity index (χ2v) is 3.27. The van der Waals surface area contributed by atoms with E-state index >= 15 is 0 Å². The highest BCUT2D eigenvalue weighted by Gasteiger charge is 2.21. The standard InChI is InChI=1S/C9H11N3O5/c13-7(14)2-1-6(9(16)17)11-8(15)5-3-4-10-12-5/h3-4,6H,1-2H2,(H,10,12)(H,11,15)(H,13,14)(H,16,17). The molecule has 0 aliphatic rings. The van der Waals surface area contributed by atoms with Gasteiger partial charge in [-0.25, -0.2) is 4.79 Å². The number of carbonyl (C=O) groups is 3. The normalized spacial score (nSPS) is 11.8. The van der Waals surface area contributed by atoms with Crippen molar-refractivity contribution in [2.24, 2.45) is 0 Å². The highest BCUT2D eigenvalue weighted by Crippen LogP contribution is 2.00. The van der Waals surface area contributed by atoms with Crippen LogP contribution in [0.15, 0.2) is 12.3 Å². The van der Waals surface area contributed by atoms with E-state index in [1.54, 1.807) is 0 Å². The Morgan fingerprint density at radius 2 is 2.12 bits per heavy atom. The van der Waals surface area contributed by atoms with Crippen molar-refractivity contribution in [2.45, 2.75) is 18.9 Å². The second-order valence-electron chi connectivity index (χ2n) is 3.27. The van der Waals surface area contributed by atoms with Crippen LogP contribution in [0.2, 0.25) is 0 Å². The van der Waals surface area contributed by atoms with Gasteiger partial charge in [0.05, 0.1) is 0 Å². The fraction of sp³-hybridized carbons (Fsp3) is 0.333. The number of aromatic nitrogens is 2. The molecule has 0 fully saturated rings.